The van der Waals surface area contributed by atoms with Gasteiger partial charge < -0.3 is 10.1 Å². The topological polar surface area (TPSA) is 75.7 Å². The SMILES string of the molecule is [B]CCCCCCSC1CC(=O)N(CCC(=O)NCCC(C)(C)OCC)C1=O. The van der Waals surface area contributed by atoms with E-state index < -0.39 is 0 Å². The van der Waals surface area contributed by atoms with Crippen LogP contribution in [0.2, 0.25) is 6.32 Å². The number of likely N-dealkylation sites (tertiary alicyclic amines) is 1. The van der Waals surface area contributed by atoms with E-state index in [4.69, 9.17) is 12.6 Å². The Labute approximate surface area is 175 Å². The maximum absolute atomic E-state index is 12.4. The number of hydrogen-bond acceptors (Lipinski definition) is 5. The fourth-order valence-corrected chi connectivity index (χ4v) is 4.30. The first-order chi connectivity index (χ1) is 13.3. The quantitative estimate of drug-likeness (QED) is 0.255. The summed E-state index contributed by atoms with van der Waals surface area (Å²) in [7, 11) is 5.47. The zero-order chi connectivity index (χ0) is 21.0. The van der Waals surface area contributed by atoms with E-state index in [0.29, 0.717) is 19.6 Å². The zero-order valence-corrected chi connectivity index (χ0v) is 18.4. The van der Waals surface area contributed by atoms with Crippen molar-refractivity contribution in [2.75, 3.05) is 25.4 Å². The molecule has 2 radical (unpaired) electrons. The van der Waals surface area contributed by atoms with Gasteiger partial charge in [-0.1, -0.05) is 25.6 Å². The van der Waals surface area contributed by atoms with Crippen LogP contribution in [0.4, 0.5) is 0 Å². The van der Waals surface area contributed by atoms with Gasteiger partial charge in [-0.15, -0.1) is 11.8 Å². The van der Waals surface area contributed by atoms with Gasteiger partial charge in [0.2, 0.25) is 17.7 Å². The minimum Gasteiger partial charge on any atom is -0.376 e. The maximum atomic E-state index is 12.4. The molecular formula is C20H35BN2O4S. The van der Waals surface area contributed by atoms with Gasteiger partial charge in [-0.3, -0.25) is 19.3 Å². The molecule has 158 valence electrons. The molecule has 0 aromatic rings. The molecule has 0 aromatic heterocycles. The lowest BCUT2D eigenvalue weighted by Crippen LogP contribution is -2.37. The highest BCUT2D eigenvalue weighted by atomic mass is 32.2. The summed E-state index contributed by atoms with van der Waals surface area (Å²) < 4.78 is 5.60. The molecule has 28 heavy (non-hydrogen) atoms. The molecule has 8 heteroatoms. The molecule has 0 spiro atoms. The van der Waals surface area contributed by atoms with Crippen LogP contribution in [-0.4, -0.2) is 66.8 Å². The van der Waals surface area contributed by atoms with Gasteiger partial charge >= 0.3 is 0 Å². The molecule has 0 aliphatic carbocycles. The molecule has 1 unspecified atom stereocenters. The largest absolute Gasteiger partial charge is 0.376 e. The number of hydrogen-bond donors (Lipinski definition) is 1. The number of unbranched alkanes of at least 4 members (excludes halogenated alkanes) is 3. The molecule has 0 aromatic carbocycles. The highest BCUT2D eigenvalue weighted by Crippen LogP contribution is 2.26. The van der Waals surface area contributed by atoms with Crippen molar-refractivity contribution in [3.05, 3.63) is 0 Å². The lowest BCUT2D eigenvalue weighted by molar-refractivity contribution is -0.138. The number of carbonyl (C=O) groups is 3. The van der Waals surface area contributed by atoms with E-state index in [1.807, 2.05) is 20.8 Å². The molecule has 1 fully saturated rings. The van der Waals surface area contributed by atoms with Crippen molar-refractivity contribution in [1.82, 2.24) is 10.2 Å². The van der Waals surface area contributed by atoms with Crippen LogP contribution in [0.5, 0.6) is 0 Å². The number of imide groups is 1. The Hall–Kier alpha value is -1.02. The lowest BCUT2D eigenvalue weighted by atomic mass is 9.99. The Morgan fingerprint density at radius 2 is 2.00 bits per heavy atom. The number of thioether (sulfide) groups is 1. The average molecular weight is 410 g/mol. The minimum absolute atomic E-state index is 0.142. The summed E-state index contributed by atoms with van der Waals surface area (Å²) in [5.74, 6) is 0.403. The number of nitrogens with one attached hydrogen (secondary N) is 1. The summed E-state index contributed by atoms with van der Waals surface area (Å²) in [6.07, 6.45) is 6.08. The number of rotatable bonds is 15. The van der Waals surface area contributed by atoms with E-state index in [-0.39, 0.29) is 48.0 Å². The summed E-state index contributed by atoms with van der Waals surface area (Å²) >= 11 is 1.56. The van der Waals surface area contributed by atoms with Gasteiger partial charge in [-0.05, 0) is 39.4 Å². The molecule has 1 aliphatic heterocycles. The Kier molecular flexibility index (Phi) is 11.8. The van der Waals surface area contributed by atoms with Crippen molar-refractivity contribution < 1.29 is 19.1 Å². The summed E-state index contributed by atoms with van der Waals surface area (Å²) in [5.41, 5.74) is -0.280. The first-order valence-electron chi connectivity index (χ1n) is 10.4. The molecule has 1 rings (SSSR count). The van der Waals surface area contributed by atoms with Crippen LogP contribution in [0.15, 0.2) is 0 Å². The molecule has 1 aliphatic rings. The van der Waals surface area contributed by atoms with Crippen LogP contribution < -0.4 is 5.32 Å². The number of nitrogens with zero attached hydrogens (tertiary/aromatic N) is 1. The maximum Gasteiger partial charge on any atom is 0.242 e. The lowest BCUT2D eigenvalue weighted by Gasteiger charge is -2.24. The van der Waals surface area contributed by atoms with Crippen molar-refractivity contribution in [2.45, 2.75) is 82.9 Å². The molecule has 0 bridgehead atoms. The molecule has 1 saturated heterocycles. The third-order valence-corrected chi connectivity index (χ3v) is 6.06. The fraction of sp³-hybridized carbons (Fsp3) is 0.850. The van der Waals surface area contributed by atoms with Crippen molar-refractivity contribution in [3.63, 3.8) is 0 Å². The van der Waals surface area contributed by atoms with Crippen LogP contribution >= 0.6 is 11.8 Å². The van der Waals surface area contributed by atoms with Gasteiger partial charge in [0.05, 0.1) is 18.7 Å². The summed E-state index contributed by atoms with van der Waals surface area (Å²) in [5, 5.41) is 2.54. The van der Waals surface area contributed by atoms with E-state index in [0.717, 1.165) is 37.8 Å². The number of carbonyl (C=O) groups excluding carboxylic acids is 3. The van der Waals surface area contributed by atoms with Crippen molar-refractivity contribution in [2.24, 2.45) is 0 Å². The molecule has 1 heterocycles. The van der Waals surface area contributed by atoms with Gasteiger partial charge in [0, 0.05) is 32.5 Å². The number of ether oxygens (including phenoxy) is 1. The zero-order valence-electron chi connectivity index (χ0n) is 17.6. The van der Waals surface area contributed by atoms with E-state index in [1.165, 1.54) is 4.90 Å². The average Bonchev–Trinajstić information content (AvgIpc) is 2.89. The van der Waals surface area contributed by atoms with Crippen LogP contribution in [-0.2, 0) is 19.1 Å². The van der Waals surface area contributed by atoms with E-state index in [1.54, 1.807) is 11.8 Å². The Balaban J connectivity index is 2.25. The standard InChI is InChI=1S/C20H35BN2O4S/c1-4-27-20(2,3)10-12-22-17(24)9-13-23-18(25)15-16(19(23)26)28-14-8-6-5-7-11-21/h16H,4-15H2,1-3H3,(H,22,24). The van der Waals surface area contributed by atoms with Crippen molar-refractivity contribution in [3.8, 4) is 0 Å². The molecule has 1 N–H and O–H groups in total. The van der Waals surface area contributed by atoms with Gasteiger partial charge in [0.1, 0.15) is 0 Å². The van der Waals surface area contributed by atoms with Crippen molar-refractivity contribution in [1.29, 1.82) is 0 Å². The Bertz CT molecular complexity index is 516. The second-order valence-corrected chi connectivity index (χ2v) is 9.00. The Morgan fingerprint density at radius 1 is 1.29 bits per heavy atom. The molecule has 1 atom stereocenters. The summed E-state index contributed by atoms with van der Waals surface area (Å²) in [6.45, 7) is 7.22. The summed E-state index contributed by atoms with van der Waals surface area (Å²) in [6, 6.07) is 0. The monoisotopic (exact) mass is 410 g/mol. The van der Waals surface area contributed by atoms with E-state index in [2.05, 4.69) is 5.32 Å². The first-order valence-corrected chi connectivity index (χ1v) is 11.4. The van der Waals surface area contributed by atoms with Gasteiger partial charge in [-0.25, -0.2) is 0 Å². The highest BCUT2D eigenvalue weighted by molar-refractivity contribution is 8.00. The second kappa shape index (κ2) is 13.3. The van der Waals surface area contributed by atoms with Crippen LogP contribution in [0.1, 0.15) is 65.7 Å². The third kappa shape index (κ3) is 9.46. The van der Waals surface area contributed by atoms with E-state index in [9.17, 15) is 14.4 Å². The van der Waals surface area contributed by atoms with Gasteiger partial charge in [0.15, 0.2) is 0 Å². The minimum atomic E-state index is -0.294. The fourth-order valence-electron chi connectivity index (χ4n) is 3.11. The normalized spacial score (nSPS) is 17.4. The van der Waals surface area contributed by atoms with E-state index >= 15 is 0 Å². The smallest absolute Gasteiger partial charge is 0.242 e. The van der Waals surface area contributed by atoms with Crippen molar-refractivity contribution >= 4 is 37.3 Å². The third-order valence-electron chi connectivity index (χ3n) is 4.77. The Morgan fingerprint density at radius 3 is 2.68 bits per heavy atom. The van der Waals surface area contributed by atoms with Gasteiger partial charge in [-0.2, -0.15) is 0 Å². The van der Waals surface area contributed by atoms with Gasteiger partial charge in [0.25, 0.3) is 0 Å². The number of amides is 3. The highest BCUT2D eigenvalue weighted by Gasteiger charge is 2.38. The first kappa shape index (κ1) is 25.0. The second-order valence-electron chi connectivity index (χ2n) is 7.69. The molecule has 3 amide bonds. The molecular weight excluding hydrogens is 375 g/mol. The van der Waals surface area contributed by atoms with Crippen LogP contribution in [0, 0.1) is 0 Å². The summed E-state index contributed by atoms with van der Waals surface area (Å²) in [4.78, 5) is 37.8. The predicted molar refractivity (Wildman–Crippen MR) is 115 cm³/mol. The molecule has 6 nitrogen and oxygen atoms in total. The van der Waals surface area contributed by atoms with Crippen LogP contribution in [0.25, 0.3) is 0 Å². The predicted octanol–water partition coefficient (Wildman–Crippen LogP) is 2.71. The molecule has 0 saturated carbocycles. The van der Waals surface area contributed by atoms with Crippen LogP contribution in [0.3, 0.4) is 0 Å².